The molecular formula is C16H20N4O2S. The van der Waals surface area contributed by atoms with Crippen LogP contribution >= 0.6 is 11.8 Å². The predicted octanol–water partition coefficient (Wildman–Crippen LogP) is 1.63. The van der Waals surface area contributed by atoms with Gasteiger partial charge in [-0.2, -0.15) is 0 Å². The molecule has 0 unspecified atom stereocenters. The quantitative estimate of drug-likeness (QED) is 0.779. The molecule has 2 N–H and O–H groups in total. The van der Waals surface area contributed by atoms with Gasteiger partial charge in [0.1, 0.15) is 5.82 Å². The molecule has 23 heavy (non-hydrogen) atoms. The highest BCUT2D eigenvalue weighted by atomic mass is 32.2. The van der Waals surface area contributed by atoms with Gasteiger partial charge in [0.15, 0.2) is 5.16 Å². The van der Waals surface area contributed by atoms with Crippen LogP contribution in [-0.4, -0.2) is 39.1 Å². The predicted molar refractivity (Wildman–Crippen MR) is 88.2 cm³/mol. The van der Waals surface area contributed by atoms with Crippen LogP contribution in [0.3, 0.4) is 0 Å². The van der Waals surface area contributed by atoms with Gasteiger partial charge in [-0.25, -0.2) is 0 Å². The average molecular weight is 332 g/mol. The molecule has 0 bridgehead atoms. The first kappa shape index (κ1) is 16.0. The molecule has 0 spiro atoms. The van der Waals surface area contributed by atoms with Gasteiger partial charge < -0.3 is 15.0 Å². The molecule has 0 radical (unpaired) electrons. The third-order valence-electron chi connectivity index (χ3n) is 3.75. The third kappa shape index (κ3) is 4.33. The van der Waals surface area contributed by atoms with Crippen molar-refractivity contribution in [1.29, 1.82) is 0 Å². The number of thioether (sulfide) groups is 1. The van der Waals surface area contributed by atoms with E-state index in [0.717, 1.165) is 37.0 Å². The summed E-state index contributed by atoms with van der Waals surface area (Å²) in [5, 5.41) is 9.28. The molecule has 0 saturated carbocycles. The van der Waals surface area contributed by atoms with Crippen LogP contribution in [0.4, 0.5) is 0 Å². The van der Waals surface area contributed by atoms with Gasteiger partial charge in [-0.1, -0.05) is 42.1 Å². The lowest BCUT2D eigenvalue weighted by Crippen LogP contribution is -2.19. The molecular weight excluding hydrogens is 312 g/mol. The fourth-order valence-electron chi connectivity index (χ4n) is 2.65. The van der Waals surface area contributed by atoms with E-state index < -0.39 is 0 Å². The molecule has 1 fully saturated rings. The summed E-state index contributed by atoms with van der Waals surface area (Å²) >= 11 is 1.33. The molecule has 1 amide bonds. The molecule has 7 heteroatoms. The van der Waals surface area contributed by atoms with Gasteiger partial charge >= 0.3 is 0 Å². The third-order valence-corrected chi connectivity index (χ3v) is 4.74. The fraction of sp³-hybridized carbons (Fsp3) is 0.438. The number of rotatable bonds is 7. The highest BCUT2D eigenvalue weighted by molar-refractivity contribution is 7.99. The summed E-state index contributed by atoms with van der Waals surface area (Å²) in [6.07, 6.45) is 3.03. The maximum Gasteiger partial charge on any atom is 0.227 e. The van der Waals surface area contributed by atoms with Gasteiger partial charge in [0.05, 0.1) is 18.4 Å². The minimum absolute atomic E-state index is 0.188. The number of nitrogens with zero attached hydrogens (tertiary/aromatic N) is 3. The molecule has 3 rings (SSSR count). The number of carbonyl (C=O) groups excluding carboxylic acids is 1. The second-order valence-corrected chi connectivity index (χ2v) is 6.50. The zero-order valence-electron chi connectivity index (χ0n) is 12.9. The Balaban J connectivity index is 1.80. The zero-order valence-corrected chi connectivity index (χ0v) is 13.7. The Morgan fingerprint density at radius 2 is 2.17 bits per heavy atom. The number of hydrogen-bond acceptors (Lipinski definition) is 5. The van der Waals surface area contributed by atoms with Crippen molar-refractivity contribution in [1.82, 2.24) is 14.8 Å². The molecule has 1 aliphatic rings. The first-order valence-corrected chi connectivity index (χ1v) is 8.69. The van der Waals surface area contributed by atoms with E-state index in [1.165, 1.54) is 17.3 Å². The second kappa shape index (κ2) is 7.61. The van der Waals surface area contributed by atoms with E-state index in [-0.39, 0.29) is 17.8 Å². The molecule has 1 aromatic carbocycles. The molecule has 1 saturated heterocycles. The van der Waals surface area contributed by atoms with E-state index in [9.17, 15) is 4.79 Å². The number of amides is 1. The smallest absolute Gasteiger partial charge is 0.227 e. The number of primary amides is 1. The Morgan fingerprint density at radius 3 is 2.87 bits per heavy atom. The molecule has 1 aliphatic heterocycles. The van der Waals surface area contributed by atoms with E-state index in [0.29, 0.717) is 6.42 Å². The van der Waals surface area contributed by atoms with Crippen LogP contribution in [0.15, 0.2) is 35.5 Å². The fourth-order valence-corrected chi connectivity index (χ4v) is 3.35. The van der Waals surface area contributed by atoms with Crippen LogP contribution in [0.25, 0.3) is 0 Å². The van der Waals surface area contributed by atoms with Crippen molar-refractivity contribution in [2.45, 2.75) is 37.1 Å². The molecule has 1 atom stereocenters. The Hall–Kier alpha value is -1.86. The van der Waals surface area contributed by atoms with Crippen LogP contribution in [0.2, 0.25) is 0 Å². The van der Waals surface area contributed by atoms with E-state index in [1.54, 1.807) is 0 Å². The van der Waals surface area contributed by atoms with Crippen molar-refractivity contribution in [2.24, 2.45) is 5.73 Å². The average Bonchev–Trinajstić information content (AvgIpc) is 3.18. The van der Waals surface area contributed by atoms with Crippen LogP contribution in [0, 0.1) is 0 Å². The van der Waals surface area contributed by atoms with E-state index in [1.807, 2.05) is 18.2 Å². The van der Waals surface area contributed by atoms with Crippen molar-refractivity contribution >= 4 is 17.7 Å². The minimum atomic E-state index is -0.355. The molecule has 1 aromatic heterocycles. The summed E-state index contributed by atoms with van der Waals surface area (Å²) in [4.78, 5) is 11.0. The molecule has 122 valence electrons. The molecule has 2 heterocycles. The number of carbonyl (C=O) groups is 1. The number of benzene rings is 1. The number of hydrogen-bond donors (Lipinski definition) is 1. The molecule has 0 aliphatic carbocycles. The van der Waals surface area contributed by atoms with Crippen LogP contribution in [0.5, 0.6) is 0 Å². The van der Waals surface area contributed by atoms with Crippen molar-refractivity contribution < 1.29 is 9.53 Å². The van der Waals surface area contributed by atoms with Crippen molar-refractivity contribution in [3.05, 3.63) is 41.7 Å². The number of aromatic nitrogens is 3. The first-order valence-electron chi connectivity index (χ1n) is 7.71. The highest BCUT2D eigenvalue weighted by Gasteiger charge is 2.21. The van der Waals surface area contributed by atoms with Gasteiger partial charge in [-0.15, -0.1) is 10.2 Å². The number of ether oxygens (including phenoxy) is 1. The summed E-state index contributed by atoms with van der Waals surface area (Å²) < 4.78 is 7.80. The largest absolute Gasteiger partial charge is 0.376 e. The monoisotopic (exact) mass is 332 g/mol. The summed E-state index contributed by atoms with van der Waals surface area (Å²) in [7, 11) is 0. The lowest BCUT2D eigenvalue weighted by molar-refractivity contribution is -0.115. The SMILES string of the molecule is NC(=O)CSc1nnc(Cc2ccccc2)n1C[C@@H]1CCCO1. The van der Waals surface area contributed by atoms with E-state index in [2.05, 4.69) is 26.9 Å². The first-order chi connectivity index (χ1) is 11.2. The molecule has 2 aromatic rings. The van der Waals surface area contributed by atoms with Gasteiger partial charge in [-0.3, -0.25) is 4.79 Å². The van der Waals surface area contributed by atoms with E-state index >= 15 is 0 Å². The summed E-state index contributed by atoms with van der Waals surface area (Å²) in [5.74, 6) is 0.736. The maximum absolute atomic E-state index is 11.0. The highest BCUT2D eigenvalue weighted by Crippen LogP contribution is 2.22. The summed E-state index contributed by atoms with van der Waals surface area (Å²) in [6.45, 7) is 1.53. The van der Waals surface area contributed by atoms with Gasteiger partial charge in [-0.05, 0) is 18.4 Å². The van der Waals surface area contributed by atoms with Crippen molar-refractivity contribution in [3.63, 3.8) is 0 Å². The number of nitrogens with two attached hydrogens (primary N) is 1. The Labute approximate surface area is 139 Å². The Kier molecular flexibility index (Phi) is 5.30. The standard InChI is InChI=1S/C16H20N4O2S/c17-14(21)11-23-16-19-18-15(9-12-5-2-1-3-6-12)20(16)10-13-7-4-8-22-13/h1-3,5-6,13H,4,7-11H2,(H2,17,21)/t13-/m0/s1. The summed E-state index contributed by atoms with van der Waals surface area (Å²) in [6, 6.07) is 10.2. The van der Waals surface area contributed by atoms with Crippen LogP contribution in [-0.2, 0) is 22.5 Å². The lowest BCUT2D eigenvalue weighted by atomic mass is 10.1. The van der Waals surface area contributed by atoms with Crippen molar-refractivity contribution in [2.75, 3.05) is 12.4 Å². The summed E-state index contributed by atoms with van der Waals surface area (Å²) in [5.41, 5.74) is 6.42. The topological polar surface area (TPSA) is 83.0 Å². The Bertz CT molecular complexity index is 653. The molecule has 6 nitrogen and oxygen atoms in total. The van der Waals surface area contributed by atoms with Gasteiger partial charge in [0, 0.05) is 13.0 Å². The normalized spacial score (nSPS) is 17.5. The Morgan fingerprint density at radius 1 is 1.35 bits per heavy atom. The van der Waals surface area contributed by atoms with Gasteiger partial charge in [0.2, 0.25) is 5.91 Å². The van der Waals surface area contributed by atoms with E-state index in [4.69, 9.17) is 10.5 Å². The van der Waals surface area contributed by atoms with Crippen molar-refractivity contribution in [3.8, 4) is 0 Å². The maximum atomic E-state index is 11.0. The van der Waals surface area contributed by atoms with Gasteiger partial charge in [0.25, 0.3) is 0 Å². The lowest BCUT2D eigenvalue weighted by Gasteiger charge is -2.14. The zero-order chi connectivity index (χ0) is 16.1. The minimum Gasteiger partial charge on any atom is -0.376 e. The van der Waals surface area contributed by atoms with Crippen LogP contribution in [0.1, 0.15) is 24.2 Å². The van der Waals surface area contributed by atoms with Crippen LogP contribution < -0.4 is 5.73 Å². The second-order valence-electron chi connectivity index (χ2n) is 5.56.